The van der Waals surface area contributed by atoms with Crippen LogP contribution in [-0.2, 0) is 4.43 Å². The molecular formula is C17H31NOSi. The molecule has 20 heavy (non-hydrogen) atoms. The lowest BCUT2D eigenvalue weighted by Crippen LogP contribution is -2.56. The summed E-state index contributed by atoms with van der Waals surface area (Å²) in [7, 11) is -1.93. The van der Waals surface area contributed by atoms with Crippen molar-refractivity contribution in [3.8, 4) is 6.07 Å². The highest BCUT2D eigenvalue weighted by atomic mass is 28.4. The number of hydrogen-bond donors (Lipinski definition) is 0. The first-order valence-electron chi connectivity index (χ1n) is 7.94. The summed E-state index contributed by atoms with van der Waals surface area (Å²) in [5, 5.41) is 10.2. The molecule has 2 rings (SSSR count). The lowest BCUT2D eigenvalue weighted by molar-refractivity contribution is -0.0344. The average Bonchev–Trinajstić information content (AvgIpc) is 2.59. The van der Waals surface area contributed by atoms with Crippen molar-refractivity contribution >= 4 is 8.32 Å². The average molecular weight is 294 g/mol. The van der Waals surface area contributed by atoms with Crippen molar-refractivity contribution in [3.05, 3.63) is 0 Å². The van der Waals surface area contributed by atoms with Crippen LogP contribution in [0.15, 0.2) is 0 Å². The quantitative estimate of drug-likeness (QED) is 0.662. The molecule has 0 aromatic heterocycles. The Labute approximate surface area is 126 Å². The third kappa shape index (κ3) is 1.77. The Kier molecular flexibility index (Phi) is 3.29. The summed E-state index contributed by atoms with van der Waals surface area (Å²) in [5.41, 5.74) is -0.359. The number of hydrogen-bond acceptors (Lipinski definition) is 2. The molecule has 2 saturated carbocycles. The largest absolute Gasteiger partial charge is 0.399 e. The van der Waals surface area contributed by atoms with Gasteiger partial charge in [0.05, 0.1) is 6.07 Å². The number of fused-ring (bicyclic) bond motifs is 2. The van der Waals surface area contributed by atoms with Crippen molar-refractivity contribution in [1.82, 2.24) is 0 Å². The zero-order chi connectivity index (χ0) is 15.6. The first kappa shape index (κ1) is 16.0. The molecule has 0 aromatic rings. The van der Waals surface area contributed by atoms with Gasteiger partial charge in [0.1, 0.15) is 5.60 Å². The Hall–Kier alpha value is -0.333. The van der Waals surface area contributed by atoms with Crippen LogP contribution in [0.3, 0.4) is 0 Å². The molecule has 0 heterocycles. The van der Waals surface area contributed by atoms with E-state index in [9.17, 15) is 5.26 Å². The molecule has 3 heteroatoms. The van der Waals surface area contributed by atoms with Gasteiger partial charge in [0.15, 0.2) is 8.32 Å². The Morgan fingerprint density at radius 2 is 1.75 bits per heavy atom. The molecule has 114 valence electrons. The molecule has 2 aliphatic rings. The second-order valence-electron chi connectivity index (χ2n) is 9.29. The number of rotatable bonds is 2. The lowest BCUT2D eigenvalue weighted by atomic mass is 9.65. The van der Waals surface area contributed by atoms with Gasteiger partial charge in [0.25, 0.3) is 0 Å². The molecule has 0 N–H and O–H groups in total. The molecule has 2 nitrogen and oxygen atoms in total. The van der Waals surface area contributed by atoms with Crippen molar-refractivity contribution in [3.63, 3.8) is 0 Å². The van der Waals surface area contributed by atoms with Crippen LogP contribution in [0.4, 0.5) is 0 Å². The smallest absolute Gasteiger partial charge is 0.194 e. The zero-order valence-electron chi connectivity index (χ0n) is 14.6. The standard InChI is InChI=1S/C17H31NOSi/c1-14(2,3)20(7,8)19-17(12-18)11-13-9-10-16(17,6)15(13,4)5/h13H,9-11H2,1-8H3/t13-,16-,17?/m0/s1. The summed E-state index contributed by atoms with van der Waals surface area (Å²) in [6.45, 7) is 18.3. The molecule has 2 bridgehead atoms. The normalized spacial score (nSPS) is 39.9. The van der Waals surface area contributed by atoms with Gasteiger partial charge in [-0.1, -0.05) is 41.5 Å². The van der Waals surface area contributed by atoms with Gasteiger partial charge in [-0.2, -0.15) is 5.26 Å². The van der Waals surface area contributed by atoms with Crippen molar-refractivity contribution in [2.24, 2.45) is 16.7 Å². The lowest BCUT2D eigenvalue weighted by Gasteiger charge is -2.50. The fourth-order valence-electron chi connectivity index (χ4n) is 4.18. The third-order valence-electron chi connectivity index (χ3n) is 7.28. The van der Waals surface area contributed by atoms with E-state index in [0.29, 0.717) is 5.92 Å². The maximum atomic E-state index is 10.0. The molecule has 1 unspecified atom stereocenters. The summed E-state index contributed by atoms with van der Waals surface area (Å²) < 4.78 is 6.75. The highest BCUT2D eigenvalue weighted by molar-refractivity contribution is 6.74. The molecule has 0 spiro atoms. The van der Waals surface area contributed by atoms with E-state index < -0.39 is 13.9 Å². The molecule has 3 atom stereocenters. The van der Waals surface area contributed by atoms with Crippen LogP contribution < -0.4 is 0 Å². The second kappa shape index (κ2) is 4.11. The van der Waals surface area contributed by atoms with Gasteiger partial charge >= 0.3 is 0 Å². The Bertz CT molecular complexity index is 457. The number of nitrogens with zero attached hydrogens (tertiary/aromatic N) is 1. The van der Waals surface area contributed by atoms with Crippen molar-refractivity contribution in [2.45, 2.75) is 84.5 Å². The summed E-state index contributed by atoms with van der Waals surface area (Å²) in [6.07, 6.45) is 3.32. The van der Waals surface area contributed by atoms with Gasteiger partial charge < -0.3 is 4.43 Å². The maximum Gasteiger partial charge on any atom is 0.194 e. The van der Waals surface area contributed by atoms with Gasteiger partial charge in [0, 0.05) is 5.41 Å². The first-order chi connectivity index (χ1) is 8.83. The van der Waals surface area contributed by atoms with E-state index in [1.165, 1.54) is 6.42 Å². The monoisotopic (exact) mass is 293 g/mol. The van der Waals surface area contributed by atoms with Crippen LogP contribution in [0, 0.1) is 28.1 Å². The van der Waals surface area contributed by atoms with E-state index in [2.05, 4.69) is 60.7 Å². The minimum atomic E-state index is -1.93. The predicted octanol–water partition coefficient (Wildman–Crippen LogP) is 5.12. The third-order valence-corrected chi connectivity index (χ3v) is 11.7. The van der Waals surface area contributed by atoms with Gasteiger partial charge in [-0.05, 0) is 48.7 Å². The summed E-state index contributed by atoms with van der Waals surface area (Å²) >= 11 is 0. The van der Waals surface area contributed by atoms with Crippen LogP contribution in [0.5, 0.6) is 0 Å². The van der Waals surface area contributed by atoms with Crippen molar-refractivity contribution in [2.75, 3.05) is 0 Å². The highest BCUT2D eigenvalue weighted by Gasteiger charge is 2.71. The molecule has 0 amide bonds. The minimum absolute atomic E-state index is 0.00502. The summed E-state index contributed by atoms with van der Waals surface area (Å²) in [6, 6.07) is 2.65. The molecule has 2 fully saturated rings. The second-order valence-corrected chi connectivity index (χ2v) is 14.0. The van der Waals surface area contributed by atoms with Crippen LogP contribution in [0.2, 0.25) is 18.1 Å². The molecule has 0 aromatic carbocycles. The zero-order valence-corrected chi connectivity index (χ0v) is 15.6. The maximum absolute atomic E-state index is 10.0. The predicted molar refractivity (Wildman–Crippen MR) is 85.9 cm³/mol. The van der Waals surface area contributed by atoms with Crippen LogP contribution in [0.25, 0.3) is 0 Å². The Balaban J connectivity index is 2.43. The molecule has 2 aliphatic carbocycles. The van der Waals surface area contributed by atoms with E-state index >= 15 is 0 Å². The fraction of sp³-hybridized carbons (Fsp3) is 0.941. The van der Waals surface area contributed by atoms with E-state index in [4.69, 9.17) is 4.43 Å². The van der Waals surface area contributed by atoms with Crippen LogP contribution in [0.1, 0.15) is 60.8 Å². The van der Waals surface area contributed by atoms with Crippen molar-refractivity contribution < 1.29 is 4.43 Å². The van der Waals surface area contributed by atoms with E-state index in [1.807, 2.05) is 0 Å². The Morgan fingerprint density at radius 1 is 1.20 bits per heavy atom. The number of nitriles is 1. The molecule has 0 radical (unpaired) electrons. The van der Waals surface area contributed by atoms with Gasteiger partial charge in [-0.15, -0.1) is 0 Å². The SMILES string of the molecule is CC1(C)[C@H]2CC[C@]1(C)C(C#N)(O[Si](C)(C)C(C)(C)C)C2. The Morgan fingerprint density at radius 3 is 2.05 bits per heavy atom. The topological polar surface area (TPSA) is 33.0 Å². The van der Waals surface area contributed by atoms with Gasteiger partial charge in [0.2, 0.25) is 0 Å². The van der Waals surface area contributed by atoms with Crippen molar-refractivity contribution in [1.29, 1.82) is 5.26 Å². The van der Waals surface area contributed by atoms with E-state index in [0.717, 1.165) is 12.8 Å². The highest BCUT2D eigenvalue weighted by Crippen LogP contribution is 2.71. The van der Waals surface area contributed by atoms with Crippen LogP contribution >= 0.6 is 0 Å². The minimum Gasteiger partial charge on any atom is -0.399 e. The molecule has 0 aliphatic heterocycles. The summed E-state index contributed by atoms with van der Waals surface area (Å²) in [4.78, 5) is 0. The van der Waals surface area contributed by atoms with Gasteiger partial charge in [-0.25, -0.2) is 0 Å². The molecule has 0 saturated heterocycles. The van der Waals surface area contributed by atoms with Gasteiger partial charge in [-0.3, -0.25) is 0 Å². The summed E-state index contributed by atoms with van der Waals surface area (Å²) in [5.74, 6) is 0.636. The molecular weight excluding hydrogens is 262 g/mol. The van der Waals surface area contributed by atoms with E-state index in [1.54, 1.807) is 0 Å². The van der Waals surface area contributed by atoms with E-state index in [-0.39, 0.29) is 15.9 Å². The fourth-order valence-corrected chi connectivity index (χ4v) is 5.71. The van der Waals surface area contributed by atoms with Crippen LogP contribution in [-0.4, -0.2) is 13.9 Å². The first-order valence-corrected chi connectivity index (χ1v) is 10.9.